The zero-order valence-corrected chi connectivity index (χ0v) is 16.8. The summed E-state index contributed by atoms with van der Waals surface area (Å²) in [6.07, 6.45) is 0.489. The van der Waals surface area contributed by atoms with Crippen LogP contribution in [0.4, 0.5) is 4.79 Å². The summed E-state index contributed by atoms with van der Waals surface area (Å²) >= 11 is 0. The number of rotatable bonds is 5. The fourth-order valence-electron chi connectivity index (χ4n) is 2.43. The Morgan fingerprint density at radius 2 is 1.73 bits per heavy atom. The minimum atomic E-state index is -0.550. The van der Waals surface area contributed by atoms with E-state index in [-0.39, 0.29) is 0 Å². The summed E-state index contributed by atoms with van der Waals surface area (Å²) < 4.78 is 5.38. The van der Waals surface area contributed by atoms with Gasteiger partial charge in [0.2, 0.25) is 0 Å². The van der Waals surface area contributed by atoms with Crippen LogP contribution in [0.3, 0.4) is 0 Å². The van der Waals surface area contributed by atoms with Crippen LogP contribution in [0, 0.1) is 0 Å². The van der Waals surface area contributed by atoms with E-state index in [1.807, 2.05) is 83.1 Å². The van der Waals surface area contributed by atoms with Crippen molar-refractivity contribution >= 4 is 11.7 Å². The van der Waals surface area contributed by atoms with E-state index in [1.54, 1.807) is 0 Å². The molecule has 3 heteroatoms. The van der Waals surface area contributed by atoms with Crippen LogP contribution < -0.4 is 10.1 Å². The Kier molecular flexibility index (Phi) is 8.11. The van der Waals surface area contributed by atoms with Crippen molar-refractivity contribution in [2.45, 2.75) is 53.5 Å². The summed E-state index contributed by atoms with van der Waals surface area (Å²) in [5.41, 5.74) is 3.71. The number of amides is 1. The molecule has 0 fully saturated rings. The Bertz CT molecular complexity index is 730. The maximum Gasteiger partial charge on any atom is 0.413 e. The normalized spacial score (nSPS) is 10.4. The zero-order valence-electron chi connectivity index (χ0n) is 16.8. The van der Waals surface area contributed by atoms with Crippen molar-refractivity contribution in [1.29, 1.82) is 0 Å². The van der Waals surface area contributed by atoms with Crippen molar-refractivity contribution in [3.05, 3.63) is 71.8 Å². The Hall–Kier alpha value is -2.55. The fraction of sp³-hybridized carbons (Fsp3) is 0.348. The molecule has 3 nitrogen and oxygen atoms in total. The number of benzene rings is 2. The second-order valence-corrected chi connectivity index (χ2v) is 6.50. The lowest BCUT2D eigenvalue weighted by Gasteiger charge is -2.27. The first-order valence-corrected chi connectivity index (χ1v) is 9.17. The van der Waals surface area contributed by atoms with E-state index in [0.29, 0.717) is 5.75 Å². The van der Waals surface area contributed by atoms with E-state index in [0.717, 1.165) is 23.1 Å². The molecule has 2 rings (SSSR count). The van der Waals surface area contributed by atoms with Crippen LogP contribution >= 0.6 is 0 Å². The maximum atomic E-state index is 12.2. The first kappa shape index (κ1) is 21.5. The van der Waals surface area contributed by atoms with Crippen molar-refractivity contribution in [3.63, 3.8) is 0 Å². The third kappa shape index (κ3) is 6.07. The molecule has 0 spiro atoms. The van der Waals surface area contributed by atoms with Crippen LogP contribution in [-0.4, -0.2) is 6.09 Å². The molecule has 0 radical (unpaired) electrons. The third-order valence-electron chi connectivity index (χ3n) is 4.03. The van der Waals surface area contributed by atoms with Crippen LogP contribution in [0.15, 0.2) is 55.1 Å². The number of allylic oxidation sites excluding steroid dienone is 1. The summed E-state index contributed by atoms with van der Waals surface area (Å²) in [5.74, 6) is 0.538. The summed E-state index contributed by atoms with van der Waals surface area (Å²) in [4.78, 5) is 12.2. The molecule has 2 aromatic carbocycles. The van der Waals surface area contributed by atoms with Gasteiger partial charge in [0.05, 0.1) is 5.54 Å². The first-order chi connectivity index (χ1) is 12.3. The van der Waals surface area contributed by atoms with Crippen molar-refractivity contribution in [2.24, 2.45) is 0 Å². The van der Waals surface area contributed by atoms with Crippen LogP contribution in [0.1, 0.15) is 58.2 Å². The molecule has 1 N–H and O–H groups in total. The quantitative estimate of drug-likeness (QED) is 0.682. The SMILES string of the molecule is C=C(C)c1cccc(C(C)(C)NC(=O)Oc2ccc(CC)cc2)c1.CC. The van der Waals surface area contributed by atoms with Crippen LogP contribution in [-0.2, 0) is 12.0 Å². The lowest BCUT2D eigenvalue weighted by atomic mass is 9.92. The lowest BCUT2D eigenvalue weighted by Crippen LogP contribution is -2.42. The lowest BCUT2D eigenvalue weighted by molar-refractivity contribution is 0.188. The van der Waals surface area contributed by atoms with Crippen LogP contribution in [0.2, 0.25) is 0 Å². The molecule has 140 valence electrons. The number of carbonyl (C=O) groups excluding carboxylic acids is 1. The topological polar surface area (TPSA) is 38.3 Å². The van der Waals surface area contributed by atoms with Gasteiger partial charge in [-0.05, 0) is 62.1 Å². The molecule has 0 saturated carbocycles. The molecule has 2 aromatic rings. The summed E-state index contributed by atoms with van der Waals surface area (Å²) in [6.45, 7) is 15.9. The van der Waals surface area contributed by atoms with Crippen molar-refractivity contribution in [1.82, 2.24) is 5.32 Å². The average molecular weight is 354 g/mol. The number of hydrogen-bond donors (Lipinski definition) is 1. The van der Waals surface area contributed by atoms with Gasteiger partial charge in [-0.2, -0.15) is 0 Å². The van der Waals surface area contributed by atoms with E-state index >= 15 is 0 Å². The third-order valence-corrected chi connectivity index (χ3v) is 4.03. The van der Waals surface area contributed by atoms with Crippen molar-refractivity contribution in [3.8, 4) is 5.75 Å². The molecule has 0 bridgehead atoms. The Labute approximate surface area is 158 Å². The van der Waals surface area contributed by atoms with Gasteiger partial charge in [-0.15, -0.1) is 0 Å². The van der Waals surface area contributed by atoms with Gasteiger partial charge in [0.15, 0.2) is 0 Å². The van der Waals surface area contributed by atoms with Gasteiger partial charge >= 0.3 is 6.09 Å². The van der Waals surface area contributed by atoms with Gasteiger partial charge in [0.1, 0.15) is 5.75 Å². The molecule has 0 unspecified atom stereocenters. The monoisotopic (exact) mass is 353 g/mol. The molecule has 0 heterocycles. The van der Waals surface area contributed by atoms with Gasteiger partial charge < -0.3 is 10.1 Å². The molecular weight excluding hydrogens is 322 g/mol. The number of aryl methyl sites for hydroxylation is 1. The van der Waals surface area contributed by atoms with E-state index < -0.39 is 11.6 Å². The molecular formula is C23H31NO2. The van der Waals surface area contributed by atoms with E-state index in [9.17, 15) is 4.79 Å². The standard InChI is InChI=1S/C21H25NO2.C2H6/c1-6-16-10-12-19(13-11-16)24-20(23)22-21(4,5)18-9-7-8-17(14-18)15(2)3;1-2/h7-14H,2,6H2,1,3-5H3,(H,22,23);1-2H3. The fourth-order valence-corrected chi connectivity index (χ4v) is 2.43. The number of hydrogen-bond acceptors (Lipinski definition) is 2. The Morgan fingerprint density at radius 3 is 2.27 bits per heavy atom. The van der Waals surface area contributed by atoms with Gasteiger partial charge in [-0.1, -0.05) is 63.3 Å². The number of nitrogens with one attached hydrogen (secondary N) is 1. The number of carbonyl (C=O) groups is 1. The van der Waals surface area contributed by atoms with E-state index in [2.05, 4.69) is 18.8 Å². The van der Waals surface area contributed by atoms with Crippen molar-refractivity contribution in [2.75, 3.05) is 0 Å². The minimum Gasteiger partial charge on any atom is -0.410 e. The zero-order chi connectivity index (χ0) is 19.7. The molecule has 0 saturated heterocycles. The molecule has 26 heavy (non-hydrogen) atoms. The first-order valence-electron chi connectivity index (χ1n) is 9.17. The summed E-state index contributed by atoms with van der Waals surface area (Å²) in [7, 11) is 0. The Morgan fingerprint density at radius 1 is 1.12 bits per heavy atom. The molecule has 0 aliphatic rings. The average Bonchev–Trinajstić information content (AvgIpc) is 2.63. The molecule has 0 aromatic heterocycles. The largest absolute Gasteiger partial charge is 0.413 e. The van der Waals surface area contributed by atoms with Gasteiger partial charge in [0.25, 0.3) is 0 Å². The van der Waals surface area contributed by atoms with Crippen LogP contribution in [0.25, 0.3) is 5.57 Å². The summed E-state index contributed by atoms with van der Waals surface area (Å²) in [6, 6.07) is 15.6. The van der Waals surface area contributed by atoms with E-state index in [1.165, 1.54) is 5.56 Å². The predicted molar refractivity (Wildman–Crippen MR) is 111 cm³/mol. The highest BCUT2D eigenvalue weighted by molar-refractivity contribution is 5.72. The minimum absolute atomic E-state index is 0.468. The smallest absolute Gasteiger partial charge is 0.410 e. The second-order valence-electron chi connectivity index (χ2n) is 6.50. The Balaban J connectivity index is 0.00000163. The van der Waals surface area contributed by atoms with Gasteiger partial charge in [-0.25, -0.2) is 4.79 Å². The summed E-state index contributed by atoms with van der Waals surface area (Å²) in [5, 5.41) is 2.92. The van der Waals surface area contributed by atoms with E-state index in [4.69, 9.17) is 4.74 Å². The molecule has 0 aliphatic heterocycles. The van der Waals surface area contributed by atoms with Gasteiger partial charge in [-0.3, -0.25) is 0 Å². The van der Waals surface area contributed by atoms with Crippen molar-refractivity contribution < 1.29 is 9.53 Å². The van der Waals surface area contributed by atoms with Crippen LogP contribution in [0.5, 0.6) is 5.75 Å². The molecule has 1 amide bonds. The highest BCUT2D eigenvalue weighted by Gasteiger charge is 2.24. The maximum absolute atomic E-state index is 12.2. The highest BCUT2D eigenvalue weighted by atomic mass is 16.6. The molecule has 0 atom stereocenters. The molecule has 0 aliphatic carbocycles. The van der Waals surface area contributed by atoms with Gasteiger partial charge in [0, 0.05) is 0 Å². The number of ether oxygens (including phenoxy) is 1. The second kappa shape index (κ2) is 9.81. The highest BCUT2D eigenvalue weighted by Crippen LogP contribution is 2.24. The predicted octanol–water partition coefficient (Wildman–Crippen LogP) is 6.33.